The Labute approximate surface area is 201 Å². The predicted molar refractivity (Wildman–Crippen MR) is 129 cm³/mol. The molecule has 0 saturated carbocycles. The van der Waals surface area contributed by atoms with Crippen LogP contribution in [0.4, 0.5) is 4.39 Å². The SMILES string of the molecule is COCC(=O)N1CC(C(=O)N2CCN(Cc3ccccc3)CC2)CC(c2ccc(F)c(C)c2)C1. The molecule has 2 aromatic rings. The van der Waals surface area contributed by atoms with Crippen molar-refractivity contribution in [3.05, 3.63) is 71.0 Å². The third-order valence-corrected chi connectivity index (χ3v) is 7.01. The van der Waals surface area contributed by atoms with Gasteiger partial charge in [0.2, 0.25) is 11.8 Å². The lowest BCUT2D eigenvalue weighted by Gasteiger charge is -2.41. The highest BCUT2D eigenvalue weighted by Gasteiger charge is 2.37. The molecule has 7 heteroatoms. The van der Waals surface area contributed by atoms with E-state index in [2.05, 4.69) is 17.0 Å². The van der Waals surface area contributed by atoms with Crippen molar-refractivity contribution in [1.82, 2.24) is 14.7 Å². The molecule has 2 saturated heterocycles. The standard InChI is InChI=1S/C27H34FN3O3/c1-20-14-22(8-9-25(20)28)23-15-24(18-31(17-23)26(32)19-34-2)27(33)30-12-10-29(11-13-30)16-21-6-4-3-5-7-21/h3-9,14,23-24H,10-13,15-19H2,1-2H3. The van der Waals surface area contributed by atoms with Crippen molar-refractivity contribution in [3.63, 3.8) is 0 Å². The maximum atomic E-state index is 13.8. The Balaban J connectivity index is 1.42. The highest BCUT2D eigenvalue weighted by atomic mass is 19.1. The summed E-state index contributed by atoms with van der Waals surface area (Å²) in [5.74, 6) is -0.532. The van der Waals surface area contributed by atoms with Crippen LogP contribution in [0.2, 0.25) is 0 Å². The third kappa shape index (κ3) is 5.83. The van der Waals surface area contributed by atoms with Gasteiger partial charge >= 0.3 is 0 Å². The van der Waals surface area contributed by atoms with Crippen LogP contribution < -0.4 is 0 Å². The number of ether oxygens (including phenoxy) is 1. The van der Waals surface area contributed by atoms with Gasteiger partial charge in [-0.1, -0.05) is 42.5 Å². The van der Waals surface area contributed by atoms with E-state index >= 15 is 0 Å². The van der Waals surface area contributed by atoms with Crippen LogP contribution in [0, 0.1) is 18.7 Å². The average Bonchev–Trinajstić information content (AvgIpc) is 2.86. The summed E-state index contributed by atoms with van der Waals surface area (Å²) in [6.45, 7) is 6.59. The summed E-state index contributed by atoms with van der Waals surface area (Å²) in [5.41, 5.74) is 2.83. The van der Waals surface area contributed by atoms with E-state index in [1.165, 1.54) is 18.7 Å². The summed E-state index contributed by atoms with van der Waals surface area (Å²) in [6.07, 6.45) is 0.658. The molecule has 0 radical (unpaired) electrons. The van der Waals surface area contributed by atoms with Crippen LogP contribution >= 0.6 is 0 Å². The lowest BCUT2D eigenvalue weighted by molar-refractivity contribution is -0.144. The molecule has 2 amide bonds. The van der Waals surface area contributed by atoms with E-state index in [0.717, 1.165) is 25.2 Å². The first kappa shape index (κ1) is 24.4. The lowest BCUT2D eigenvalue weighted by Crippen LogP contribution is -2.54. The minimum absolute atomic E-state index is 0.00572. The van der Waals surface area contributed by atoms with Crippen molar-refractivity contribution in [2.75, 3.05) is 53.0 Å². The Hall–Kier alpha value is -2.77. The molecule has 182 valence electrons. The monoisotopic (exact) mass is 467 g/mol. The highest BCUT2D eigenvalue weighted by Crippen LogP contribution is 2.32. The van der Waals surface area contributed by atoms with Crippen LogP contribution in [0.1, 0.15) is 29.0 Å². The topological polar surface area (TPSA) is 53.1 Å². The van der Waals surface area contributed by atoms with Gasteiger partial charge in [-0.05, 0) is 36.1 Å². The van der Waals surface area contributed by atoms with Gasteiger partial charge in [-0.25, -0.2) is 4.39 Å². The maximum absolute atomic E-state index is 13.8. The minimum Gasteiger partial charge on any atom is -0.375 e. The quantitative estimate of drug-likeness (QED) is 0.655. The first-order valence-electron chi connectivity index (χ1n) is 12.0. The van der Waals surface area contributed by atoms with Gasteiger partial charge in [0.05, 0.1) is 5.92 Å². The van der Waals surface area contributed by atoms with Gasteiger partial charge < -0.3 is 14.5 Å². The van der Waals surface area contributed by atoms with Crippen molar-refractivity contribution in [2.24, 2.45) is 5.92 Å². The molecule has 2 atom stereocenters. The summed E-state index contributed by atoms with van der Waals surface area (Å²) in [6, 6.07) is 15.5. The highest BCUT2D eigenvalue weighted by molar-refractivity contribution is 5.82. The Bertz CT molecular complexity index is 992. The number of hydrogen-bond acceptors (Lipinski definition) is 4. The van der Waals surface area contributed by atoms with Crippen LogP contribution in [0.15, 0.2) is 48.5 Å². The predicted octanol–water partition coefficient (Wildman–Crippen LogP) is 3.06. The van der Waals surface area contributed by atoms with E-state index in [4.69, 9.17) is 4.74 Å². The number of methoxy groups -OCH3 is 1. The molecule has 2 unspecified atom stereocenters. The van der Waals surface area contributed by atoms with E-state index in [1.54, 1.807) is 17.9 Å². The fourth-order valence-corrected chi connectivity index (χ4v) is 5.09. The fourth-order valence-electron chi connectivity index (χ4n) is 5.09. The molecular formula is C27H34FN3O3. The summed E-state index contributed by atoms with van der Waals surface area (Å²) < 4.78 is 18.9. The number of hydrogen-bond donors (Lipinski definition) is 0. The molecule has 0 N–H and O–H groups in total. The van der Waals surface area contributed by atoms with E-state index in [1.807, 2.05) is 29.2 Å². The largest absolute Gasteiger partial charge is 0.375 e. The molecule has 2 aliphatic rings. The van der Waals surface area contributed by atoms with Gasteiger partial charge in [0.15, 0.2) is 0 Å². The molecule has 2 aromatic carbocycles. The number of piperidine rings is 1. The average molecular weight is 468 g/mol. The summed E-state index contributed by atoms with van der Waals surface area (Å²) in [7, 11) is 1.50. The molecule has 0 spiro atoms. The van der Waals surface area contributed by atoms with Gasteiger partial charge in [-0.15, -0.1) is 0 Å². The molecule has 0 bridgehead atoms. The number of carbonyl (C=O) groups is 2. The molecular weight excluding hydrogens is 433 g/mol. The molecule has 0 aromatic heterocycles. The molecule has 2 aliphatic heterocycles. The minimum atomic E-state index is -0.273. The number of carbonyl (C=O) groups excluding carboxylic acids is 2. The van der Waals surface area contributed by atoms with Crippen molar-refractivity contribution in [2.45, 2.75) is 25.8 Å². The number of aryl methyl sites for hydroxylation is 1. The van der Waals surface area contributed by atoms with Crippen LogP contribution in [-0.2, 0) is 20.9 Å². The zero-order valence-corrected chi connectivity index (χ0v) is 20.1. The smallest absolute Gasteiger partial charge is 0.248 e. The van der Waals surface area contributed by atoms with Crippen LogP contribution in [-0.4, -0.2) is 79.5 Å². The number of benzene rings is 2. The van der Waals surface area contributed by atoms with Gasteiger partial charge in [-0.3, -0.25) is 14.5 Å². The van der Waals surface area contributed by atoms with Gasteiger partial charge in [0, 0.05) is 58.8 Å². The molecule has 0 aliphatic carbocycles. The Morgan fingerprint density at radius 2 is 1.74 bits per heavy atom. The van der Waals surface area contributed by atoms with Gasteiger partial charge in [-0.2, -0.15) is 0 Å². The van der Waals surface area contributed by atoms with Crippen LogP contribution in [0.5, 0.6) is 0 Å². The molecule has 2 fully saturated rings. The van der Waals surface area contributed by atoms with E-state index in [0.29, 0.717) is 38.2 Å². The molecule has 2 heterocycles. The number of halogens is 1. The lowest BCUT2D eigenvalue weighted by atomic mass is 9.83. The first-order valence-corrected chi connectivity index (χ1v) is 12.0. The Kier molecular flexibility index (Phi) is 7.95. The van der Waals surface area contributed by atoms with Crippen molar-refractivity contribution >= 4 is 11.8 Å². The van der Waals surface area contributed by atoms with Crippen molar-refractivity contribution in [3.8, 4) is 0 Å². The molecule has 34 heavy (non-hydrogen) atoms. The maximum Gasteiger partial charge on any atom is 0.248 e. The van der Waals surface area contributed by atoms with Crippen LogP contribution in [0.3, 0.4) is 0 Å². The number of piperazine rings is 1. The zero-order valence-electron chi connectivity index (χ0n) is 20.1. The van der Waals surface area contributed by atoms with Crippen molar-refractivity contribution in [1.29, 1.82) is 0 Å². The Morgan fingerprint density at radius 3 is 2.41 bits per heavy atom. The third-order valence-electron chi connectivity index (χ3n) is 7.01. The number of amides is 2. The zero-order chi connectivity index (χ0) is 24.1. The van der Waals surface area contributed by atoms with E-state index < -0.39 is 0 Å². The molecule has 4 rings (SSSR count). The Morgan fingerprint density at radius 1 is 1.00 bits per heavy atom. The van der Waals surface area contributed by atoms with E-state index in [9.17, 15) is 14.0 Å². The second-order valence-electron chi connectivity index (χ2n) is 9.46. The normalized spacial score (nSPS) is 21.5. The van der Waals surface area contributed by atoms with Crippen LogP contribution in [0.25, 0.3) is 0 Å². The second-order valence-corrected chi connectivity index (χ2v) is 9.46. The summed E-state index contributed by atoms with van der Waals surface area (Å²) in [5, 5.41) is 0. The van der Waals surface area contributed by atoms with Gasteiger partial charge in [0.1, 0.15) is 12.4 Å². The number of nitrogens with zero attached hydrogens (tertiary/aromatic N) is 3. The number of likely N-dealkylation sites (tertiary alicyclic amines) is 1. The van der Waals surface area contributed by atoms with Crippen molar-refractivity contribution < 1.29 is 18.7 Å². The number of rotatable bonds is 6. The second kappa shape index (κ2) is 11.1. The molecule has 6 nitrogen and oxygen atoms in total. The summed E-state index contributed by atoms with van der Waals surface area (Å²) >= 11 is 0. The fraction of sp³-hybridized carbons (Fsp3) is 0.481. The first-order chi connectivity index (χ1) is 16.4. The van der Waals surface area contributed by atoms with Gasteiger partial charge in [0.25, 0.3) is 0 Å². The van der Waals surface area contributed by atoms with E-state index in [-0.39, 0.29) is 36.1 Å². The summed E-state index contributed by atoms with van der Waals surface area (Å²) in [4.78, 5) is 32.2.